The van der Waals surface area contributed by atoms with Crippen LogP contribution >= 0.6 is 23.2 Å². The standard InChI is InChI=1S/C12H15Cl2NO/c1-16-7-11(8-5-6-8)15-10-4-2-3-9(13)12(10)14/h2-4,8,11,15H,5-7H2,1H3. The van der Waals surface area contributed by atoms with E-state index in [9.17, 15) is 0 Å². The number of halogens is 2. The molecule has 2 nitrogen and oxygen atoms in total. The topological polar surface area (TPSA) is 21.3 Å². The highest BCUT2D eigenvalue weighted by atomic mass is 35.5. The first-order chi connectivity index (χ1) is 7.72. The first-order valence-electron chi connectivity index (χ1n) is 5.42. The van der Waals surface area contributed by atoms with Crippen LogP contribution in [-0.4, -0.2) is 19.8 Å². The summed E-state index contributed by atoms with van der Waals surface area (Å²) in [5.41, 5.74) is 0.892. The van der Waals surface area contributed by atoms with Crippen LogP contribution in [0.15, 0.2) is 18.2 Å². The number of benzene rings is 1. The van der Waals surface area contributed by atoms with E-state index in [4.69, 9.17) is 27.9 Å². The second-order valence-corrected chi connectivity index (χ2v) is 4.93. The van der Waals surface area contributed by atoms with Gasteiger partial charge in [0.25, 0.3) is 0 Å². The number of ether oxygens (including phenoxy) is 1. The molecule has 0 saturated heterocycles. The van der Waals surface area contributed by atoms with Crippen LogP contribution in [0.5, 0.6) is 0 Å². The van der Waals surface area contributed by atoms with Crippen molar-refractivity contribution in [3.63, 3.8) is 0 Å². The summed E-state index contributed by atoms with van der Waals surface area (Å²) in [7, 11) is 1.72. The number of methoxy groups -OCH3 is 1. The van der Waals surface area contributed by atoms with Crippen molar-refractivity contribution < 1.29 is 4.74 Å². The van der Waals surface area contributed by atoms with Gasteiger partial charge in [0.1, 0.15) is 0 Å². The summed E-state index contributed by atoms with van der Waals surface area (Å²) in [6.07, 6.45) is 2.53. The molecule has 1 aliphatic rings. The van der Waals surface area contributed by atoms with Crippen LogP contribution in [-0.2, 0) is 4.74 Å². The molecular formula is C12H15Cl2NO. The molecule has 1 saturated carbocycles. The van der Waals surface area contributed by atoms with Gasteiger partial charge in [-0.3, -0.25) is 0 Å². The van der Waals surface area contributed by atoms with E-state index in [0.29, 0.717) is 28.6 Å². The molecule has 1 aliphatic carbocycles. The quantitative estimate of drug-likeness (QED) is 0.868. The van der Waals surface area contributed by atoms with Gasteiger partial charge < -0.3 is 10.1 Å². The first-order valence-corrected chi connectivity index (χ1v) is 6.17. The minimum Gasteiger partial charge on any atom is -0.383 e. The Morgan fingerprint density at radius 3 is 2.81 bits per heavy atom. The van der Waals surface area contributed by atoms with E-state index in [-0.39, 0.29) is 0 Å². The summed E-state index contributed by atoms with van der Waals surface area (Å²) >= 11 is 12.1. The molecule has 0 aromatic heterocycles. The summed E-state index contributed by atoms with van der Waals surface area (Å²) in [4.78, 5) is 0. The van der Waals surface area contributed by atoms with Crippen molar-refractivity contribution in [2.24, 2.45) is 5.92 Å². The number of hydrogen-bond acceptors (Lipinski definition) is 2. The highest BCUT2D eigenvalue weighted by Gasteiger charge is 2.31. The molecule has 0 aliphatic heterocycles. The first kappa shape index (κ1) is 12.0. The van der Waals surface area contributed by atoms with Gasteiger partial charge in [-0.2, -0.15) is 0 Å². The predicted octanol–water partition coefficient (Wildman–Crippen LogP) is 3.83. The minimum absolute atomic E-state index is 0.334. The third-order valence-corrected chi connectivity index (χ3v) is 3.65. The van der Waals surface area contributed by atoms with Gasteiger partial charge in [0.15, 0.2) is 0 Å². The predicted molar refractivity (Wildman–Crippen MR) is 68.5 cm³/mol. The van der Waals surface area contributed by atoms with Gasteiger partial charge in [-0.15, -0.1) is 0 Å². The molecular weight excluding hydrogens is 245 g/mol. The number of anilines is 1. The van der Waals surface area contributed by atoms with Gasteiger partial charge in [0.2, 0.25) is 0 Å². The van der Waals surface area contributed by atoms with Crippen molar-refractivity contribution in [2.75, 3.05) is 19.0 Å². The van der Waals surface area contributed by atoms with Crippen LogP contribution in [0, 0.1) is 5.92 Å². The smallest absolute Gasteiger partial charge is 0.0823 e. The fraction of sp³-hybridized carbons (Fsp3) is 0.500. The van der Waals surface area contributed by atoms with E-state index in [0.717, 1.165) is 5.69 Å². The maximum atomic E-state index is 6.13. The lowest BCUT2D eigenvalue weighted by Crippen LogP contribution is -2.27. The van der Waals surface area contributed by atoms with E-state index >= 15 is 0 Å². The summed E-state index contributed by atoms with van der Waals surface area (Å²) in [5.74, 6) is 0.704. The average Bonchev–Trinajstić information content (AvgIpc) is 3.07. The van der Waals surface area contributed by atoms with Crippen molar-refractivity contribution in [2.45, 2.75) is 18.9 Å². The van der Waals surface area contributed by atoms with Crippen molar-refractivity contribution >= 4 is 28.9 Å². The fourth-order valence-corrected chi connectivity index (χ4v) is 2.14. The molecule has 88 valence electrons. The molecule has 0 amide bonds. The molecule has 1 N–H and O–H groups in total. The Kier molecular flexibility index (Phi) is 3.95. The van der Waals surface area contributed by atoms with Crippen LogP contribution in [0.25, 0.3) is 0 Å². The molecule has 1 unspecified atom stereocenters. The molecule has 16 heavy (non-hydrogen) atoms. The van der Waals surface area contributed by atoms with Crippen molar-refractivity contribution in [3.8, 4) is 0 Å². The highest BCUT2D eigenvalue weighted by Crippen LogP contribution is 2.36. The zero-order chi connectivity index (χ0) is 11.5. The largest absolute Gasteiger partial charge is 0.383 e. The van der Waals surface area contributed by atoms with E-state index < -0.39 is 0 Å². The zero-order valence-corrected chi connectivity index (χ0v) is 10.7. The van der Waals surface area contributed by atoms with Crippen molar-refractivity contribution in [1.29, 1.82) is 0 Å². The SMILES string of the molecule is COCC(Nc1cccc(Cl)c1Cl)C1CC1. The summed E-state index contributed by atoms with van der Waals surface area (Å²) in [6, 6.07) is 5.96. The monoisotopic (exact) mass is 259 g/mol. The zero-order valence-electron chi connectivity index (χ0n) is 9.17. The molecule has 0 spiro atoms. The lowest BCUT2D eigenvalue weighted by molar-refractivity contribution is 0.179. The average molecular weight is 260 g/mol. The van der Waals surface area contributed by atoms with Gasteiger partial charge in [0, 0.05) is 7.11 Å². The van der Waals surface area contributed by atoms with Gasteiger partial charge in [-0.25, -0.2) is 0 Å². The van der Waals surface area contributed by atoms with Crippen LogP contribution in [0.2, 0.25) is 10.0 Å². The lowest BCUT2D eigenvalue weighted by atomic mass is 10.2. The molecule has 1 aromatic rings. The summed E-state index contributed by atoms with van der Waals surface area (Å²) in [6.45, 7) is 0.702. The molecule has 2 rings (SSSR count). The van der Waals surface area contributed by atoms with Gasteiger partial charge in [-0.05, 0) is 30.9 Å². The maximum Gasteiger partial charge on any atom is 0.0823 e. The Bertz CT molecular complexity index is 366. The Morgan fingerprint density at radius 2 is 2.19 bits per heavy atom. The third kappa shape index (κ3) is 2.82. The molecule has 1 atom stereocenters. The Hall–Kier alpha value is -0.440. The Morgan fingerprint density at radius 1 is 1.44 bits per heavy atom. The van der Waals surface area contributed by atoms with Crippen LogP contribution in [0.3, 0.4) is 0 Å². The number of nitrogens with one attached hydrogen (secondary N) is 1. The minimum atomic E-state index is 0.334. The highest BCUT2D eigenvalue weighted by molar-refractivity contribution is 6.43. The molecule has 0 heterocycles. The molecule has 0 radical (unpaired) electrons. The van der Waals surface area contributed by atoms with Gasteiger partial charge in [0.05, 0.1) is 28.4 Å². The van der Waals surface area contributed by atoms with Gasteiger partial charge >= 0.3 is 0 Å². The third-order valence-electron chi connectivity index (χ3n) is 2.83. The second kappa shape index (κ2) is 5.26. The fourth-order valence-electron chi connectivity index (χ4n) is 1.79. The Labute approximate surface area is 106 Å². The molecule has 0 bridgehead atoms. The van der Waals surface area contributed by atoms with Crippen LogP contribution < -0.4 is 5.32 Å². The Balaban J connectivity index is 2.08. The molecule has 4 heteroatoms. The van der Waals surface area contributed by atoms with Gasteiger partial charge in [-0.1, -0.05) is 29.3 Å². The van der Waals surface area contributed by atoms with Crippen molar-refractivity contribution in [3.05, 3.63) is 28.2 Å². The molecule has 1 fully saturated rings. The maximum absolute atomic E-state index is 6.13. The number of rotatable bonds is 5. The van der Waals surface area contributed by atoms with E-state index in [1.165, 1.54) is 12.8 Å². The summed E-state index contributed by atoms with van der Waals surface area (Å²) in [5, 5.41) is 4.58. The lowest BCUT2D eigenvalue weighted by Gasteiger charge is -2.19. The second-order valence-electron chi connectivity index (χ2n) is 4.14. The normalized spacial score (nSPS) is 17.2. The van der Waals surface area contributed by atoms with E-state index in [1.54, 1.807) is 13.2 Å². The van der Waals surface area contributed by atoms with Crippen molar-refractivity contribution in [1.82, 2.24) is 0 Å². The molecule has 1 aromatic carbocycles. The van der Waals surface area contributed by atoms with E-state index in [2.05, 4.69) is 5.32 Å². The summed E-state index contributed by atoms with van der Waals surface area (Å²) < 4.78 is 5.21. The van der Waals surface area contributed by atoms with Crippen LogP contribution in [0.1, 0.15) is 12.8 Å². The van der Waals surface area contributed by atoms with E-state index in [1.807, 2.05) is 12.1 Å². The van der Waals surface area contributed by atoms with Crippen LogP contribution in [0.4, 0.5) is 5.69 Å². The number of hydrogen-bond donors (Lipinski definition) is 1.